The molecule has 3 unspecified atom stereocenters. The van der Waals surface area contributed by atoms with Gasteiger partial charge in [0, 0.05) is 12.0 Å². The Morgan fingerprint density at radius 2 is 1.64 bits per heavy atom. The minimum Gasteiger partial charge on any atom is -0.351 e. The van der Waals surface area contributed by atoms with Gasteiger partial charge in [0.25, 0.3) is 0 Å². The van der Waals surface area contributed by atoms with E-state index in [1.165, 1.54) is 19.3 Å². The van der Waals surface area contributed by atoms with Crippen molar-refractivity contribution in [2.45, 2.75) is 84.7 Å². The second-order valence-electron chi connectivity index (χ2n) is 8.23. The molecule has 2 aliphatic carbocycles. The largest absolute Gasteiger partial charge is 0.351 e. The van der Waals surface area contributed by atoms with Gasteiger partial charge in [-0.05, 0) is 43.9 Å². The first-order valence-electron chi connectivity index (χ1n) is 8.90. The number of carbonyl (C=O) groups is 2. The summed E-state index contributed by atoms with van der Waals surface area (Å²) >= 11 is 0. The number of hydrogen-bond acceptors (Lipinski definition) is 2. The zero-order chi connectivity index (χ0) is 16.3. The van der Waals surface area contributed by atoms with E-state index >= 15 is 0 Å². The van der Waals surface area contributed by atoms with Crippen LogP contribution >= 0.6 is 0 Å². The highest BCUT2D eigenvalue weighted by Crippen LogP contribution is 2.38. The molecule has 0 heterocycles. The van der Waals surface area contributed by atoms with Crippen molar-refractivity contribution in [2.24, 2.45) is 17.3 Å². The Kier molecular flexibility index (Phi) is 5.51. The highest BCUT2D eigenvalue weighted by Gasteiger charge is 2.36. The zero-order valence-corrected chi connectivity index (χ0v) is 14.6. The molecule has 22 heavy (non-hydrogen) atoms. The Hall–Kier alpha value is -1.06. The third-order valence-electron chi connectivity index (χ3n) is 5.43. The second-order valence-corrected chi connectivity index (χ2v) is 8.23. The third-order valence-corrected chi connectivity index (χ3v) is 5.43. The first kappa shape index (κ1) is 17.3. The molecule has 2 aliphatic rings. The van der Waals surface area contributed by atoms with Crippen molar-refractivity contribution >= 4 is 11.8 Å². The molecule has 0 spiro atoms. The maximum absolute atomic E-state index is 12.4. The van der Waals surface area contributed by atoms with Crippen LogP contribution in [0.1, 0.15) is 72.6 Å². The van der Waals surface area contributed by atoms with E-state index in [0.29, 0.717) is 5.92 Å². The van der Waals surface area contributed by atoms with E-state index in [9.17, 15) is 9.59 Å². The van der Waals surface area contributed by atoms with Crippen molar-refractivity contribution in [1.82, 2.24) is 10.6 Å². The summed E-state index contributed by atoms with van der Waals surface area (Å²) in [5, 5.41) is 6.08. The van der Waals surface area contributed by atoms with Crippen LogP contribution in [-0.2, 0) is 9.59 Å². The van der Waals surface area contributed by atoms with Crippen LogP contribution in [0.25, 0.3) is 0 Å². The van der Waals surface area contributed by atoms with Gasteiger partial charge in [0.15, 0.2) is 0 Å². The van der Waals surface area contributed by atoms with E-state index in [-0.39, 0.29) is 29.2 Å². The predicted molar refractivity (Wildman–Crippen MR) is 88.3 cm³/mol. The average molecular weight is 308 g/mol. The van der Waals surface area contributed by atoms with Gasteiger partial charge in [-0.3, -0.25) is 9.59 Å². The van der Waals surface area contributed by atoms with Crippen LogP contribution in [-0.4, -0.2) is 23.9 Å². The van der Waals surface area contributed by atoms with E-state index in [0.717, 1.165) is 25.7 Å². The smallest absolute Gasteiger partial charge is 0.242 e. The molecular formula is C18H32N2O2. The molecule has 2 saturated carbocycles. The maximum atomic E-state index is 12.4. The summed E-state index contributed by atoms with van der Waals surface area (Å²) in [6.07, 6.45) is 7.73. The lowest BCUT2D eigenvalue weighted by Crippen LogP contribution is -2.53. The molecule has 3 atom stereocenters. The van der Waals surface area contributed by atoms with Crippen molar-refractivity contribution in [3.8, 4) is 0 Å². The standard InChI is InChI=1S/C18H32N2O2/c1-12(19-17(22)13-8-7-9-13)16(21)20-15-11-6-5-10-14(15)18(2,3)4/h12-15H,5-11H2,1-4H3,(H,19,22)(H,20,21). The van der Waals surface area contributed by atoms with E-state index in [1.54, 1.807) is 6.92 Å². The molecule has 4 heteroatoms. The number of carbonyl (C=O) groups excluding carboxylic acids is 2. The van der Waals surface area contributed by atoms with E-state index in [2.05, 4.69) is 31.4 Å². The molecule has 0 bridgehead atoms. The van der Waals surface area contributed by atoms with Gasteiger partial charge in [-0.25, -0.2) is 0 Å². The molecule has 2 N–H and O–H groups in total. The van der Waals surface area contributed by atoms with Gasteiger partial charge in [-0.15, -0.1) is 0 Å². The average Bonchev–Trinajstić information content (AvgIpc) is 2.35. The van der Waals surface area contributed by atoms with Crippen LogP contribution in [0.5, 0.6) is 0 Å². The zero-order valence-electron chi connectivity index (χ0n) is 14.6. The van der Waals surface area contributed by atoms with Gasteiger partial charge in [-0.1, -0.05) is 40.0 Å². The summed E-state index contributed by atoms with van der Waals surface area (Å²) in [5.41, 5.74) is 0.205. The van der Waals surface area contributed by atoms with Crippen LogP contribution in [0.3, 0.4) is 0 Å². The summed E-state index contributed by atoms with van der Waals surface area (Å²) in [6, 6.07) is -0.194. The molecule has 0 radical (unpaired) electrons. The van der Waals surface area contributed by atoms with Crippen LogP contribution in [0.2, 0.25) is 0 Å². The third kappa shape index (κ3) is 4.23. The molecule has 0 aromatic carbocycles. The lowest BCUT2D eigenvalue weighted by molar-refractivity contribution is -0.133. The molecule has 0 aromatic rings. The molecule has 4 nitrogen and oxygen atoms in total. The van der Waals surface area contributed by atoms with Gasteiger partial charge in [0.05, 0.1) is 0 Å². The molecular weight excluding hydrogens is 276 g/mol. The lowest BCUT2D eigenvalue weighted by Gasteiger charge is -2.41. The normalized spacial score (nSPS) is 27.6. The molecule has 0 aromatic heterocycles. The van der Waals surface area contributed by atoms with Gasteiger partial charge in [-0.2, -0.15) is 0 Å². The molecule has 2 rings (SSSR count). The van der Waals surface area contributed by atoms with Crippen LogP contribution in [0.15, 0.2) is 0 Å². The quantitative estimate of drug-likeness (QED) is 0.839. The summed E-state index contributed by atoms with van der Waals surface area (Å²) in [7, 11) is 0. The lowest BCUT2D eigenvalue weighted by atomic mass is 9.69. The first-order valence-corrected chi connectivity index (χ1v) is 8.90. The predicted octanol–water partition coefficient (Wildman–Crippen LogP) is 3.01. The molecule has 2 amide bonds. The van der Waals surface area contributed by atoms with Crippen molar-refractivity contribution in [2.75, 3.05) is 0 Å². The number of hydrogen-bond donors (Lipinski definition) is 2. The van der Waals surface area contributed by atoms with E-state index in [4.69, 9.17) is 0 Å². The van der Waals surface area contributed by atoms with Gasteiger partial charge < -0.3 is 10.6 Å². The fourth-order valence-electron chi connectivity index (χ4n) is 3.72. The Labute approximate surface area is 134 Å². The SMILES string of the molecule is CC(NC(=O)C1CCC1)C(=O)NC1CCCCC1C(C)(C)C. The Balaban J connectivity index is 1.87. The van der Waals surface area contributed by atoms with Crippen molar-refractivity contribution in [1.29, 1.82) is 0 Å². The van der Waals surface area contributed by atoms with Gasteiger partial charge >= 0.3 is 0 Å². The first-order chi connectivity index (χ1) is 10.3. The van der Waals surface area contributed by atoms with Crippen LogP contribution < -0.4 is 10.6 Å². The highest BCUT2D eigenvalue weighted by molar-refractivity contribution is 5.88. The Morgan fingerprint density at radius 3 is 2.18 bits per heavy atom. The number of amides is 2. The minimum absolute atomic E-state index is 0.0335. The molecule has 0 saturated heterocycles. The monoisotopic (exact) mass is 308 g/mol. The van der Waals surface area contributed by atoms with Gasteiger partial charge in [0.1, 0.15) is 6.04 Å². The highest BCUT2D eigenvalue weighted by atomic mass is 16.2. The van der Waals surface area contributed by atoms with Crippen molar-refractivity contribution in [3.63, 3.8) is 0 Å². The Morgan fingerprint density at radius 1 is 1.00 bits per heavy atom. The summed E-state index contributed by atoms with van der Waals surface area (Å²) < 4.78 is 0. The summed E-state index contributed by atoms with van der Waals surface area (Å²) in [5.74, 6) is 0.658. The van der Waals surface area contributed by atoms with Crippen LogP contribution in [0.4, 0.5) is 0 Å². The second kappa shape index (κ2) is 7.01. The number of nitrogens with one attached hydrogen (secondary N) is 2. The minimum atomic E-state index is -0.435. The van der Waals surface area contributed by atoms with Crippen molar-refractivity contribution < 1.29 is 9.59 Å². The summed E-state index contributed by atoms with van der Waals surface area (Å²) in [4.78, 5) is 24.4. The van der Waals surface area contributed by atoms with E-state index < -0.39 is 6.04 Å². The molecule has 126 valence electrons. The summed E-state index contributed by atoms with van der Waals surface area (Å²) in [6.45, 7) is 8.55. The molecule has 2 fully saturated rings. The Bertz CT molecular complexity index is 410. The maximum Gasteiger partial charge on any atom is 0.242 e. The van der Waals surface area contributed by atoms with Gasteiger partial charge in [0.2, 0.25) is 11.8 Å². The number of rotatable bonds is 4. The molecule has 0 aliphatic heterocycles. The van der Waals surface area contributed by atoms with E-state index in [1.807, 2.05) is 0 Å². The van der Waals surface area contributed by atoms with Crippen molar-refractivity contribution in [3.05, 3.63) is 0 Å². The fraction of sp³-hybridized carbons (Fsp3) is 0.889. The topological polar surface area (TPSA) is 58.2 Å². The van der Waals surface area contributed by atoms with Crippen LogP contribution in [0, 0.1) is 17.3 Å². The fourth-order valence-corrected chi connectivity index (χ4v) is 3.72.